The van der Waals surface area contributed by atoms with Crippen LogP contribution < -0.4 is 20.1 Å². The standard InChI is InChI=1S/C36H46N4O10S/c1-3-48-30-19-28(26-15-10-16-29(32(26)38-30)51(2,46)47)49-25-18-27-33(42)39-36(34(43)44)20-22(36)11-6-4-5-7-12-23(17-31(41)40(27)21-25)37-35(45)50-24-13-8-9-14-24/h6,10-11,15-16,19,22-25,27H,3-5,7-9,12-14,17-18,20-21H2,1-2H3,(H,37,45)(H,39,42)(H,43,44)/b11-6-/t22-,23+,25-,27+,36-/m1/s1. The van der Waals surface area contributed by atoms with Crippen LogP contribution in [0.2, 0.25) is 0 Å². The Balaban J connectivity index is 1.29. The van der Waals surface area contributed by atoms with Gasteiger partial charge in [0.2, 0.25) is 17.7 Å². The second kappa shape index (κ2) is 15.1. The number of carboxylic acid groups (broad SMARTS) is 1. The van der Waals surface area contributed by atoms with Gasteiger partial charge in [-0.3, -0.25) is 9.59 Å². The monoisotopic (exact) mass is 726 g/mol. The number of carboxylic acids is 1. The zero-order chi connectivity index (χ0) is 36.3. The molecule has 3 amide bonds. The maximum absolute atomic E-state index is 14.1. The molecule has 1 aromatic carbocycles. The molecule has 0 unspecified atom stereocenters. The molecule has 1 aromatic heterocycles. The van der Waals surface area contributed by atoms with Gasteiger partial charge in [-0.1, -0.05) is 24.6 Å². The van der Waals surface area contributed by atoms with Crippen molar-refractivity contribution in [2.24, 2.45) is 5.92 Å². The SMILES string of the molecule is CCOc1cc(O[C@@H]2C[C@H]3C(=O)N[C@]4(C(=O)O)C[C@H]4/C=C\CCCC[C@H](NC(=O)OC4CCCC4)CC(=O)N3C2)c2cccc(S(C)(=O)=O)c2n1. The normalized spacial score (nSPS) is 28.1. The lowest BCUT2D eigenvalue weighted by atomic mass is 10.0. The van der Waals surface area contributed by atoms with Gasteiger partial charge in [0.05, 0.1) is 23.6 Å². The lowest BCUT2D eigenvalue weighted by Crippen LogP contribution is -2.53. The number of amides is 3. The van der Waals surface area contributed by atoms with Crippen molar-refractivity contribution in [2.75, 3.05) is 19.4 Å². The van der Waals surface area contributed by atoms with Crippen LogP contribution in [0.25, 0.3) is 10.9 Å². The molecule has 3 fully saturated rings. The summed E-state index contributed by atoms with van der Waals surface area (Å²) in [6.07, 6.45) is 9.89. The van der Waals surface area contributed by atoms with Gasteiger partial charge in [0.15, 0.2) is 9.84 Å². The van der Waals surface area contributed by atoms with Gasteiger partial charge in [-0.2, -0.15) is 0 Å². The summed E-state index contributed by atoms with van der Waals surface area (Å²) in [6.45, 7) is 2.01. The van der Waals surface area contributed by atoms with Crippen molar-refractivity contribution in [2.45, 2.75) is 112 Å². The number of hydrogen-bond acceptors (Lipinski definition) is 10. The molecular weight excluding hydrogens is 680 g/mol. The minimum atomic E-state index is -3.67. The van der Waals surface area contributed by atoms with Crippen molar-refractivity contribution in [3.8, 4) is 11.6 Å². The molecule has 4 aliphatic rings. The summed E-state index contributed by atoms with van der Waals surface area (Å²) < 4.78 is 43.0. The van der Waals surface area contributed by atoms with E-state index in [4.69, 9.17) is 14.2 Å². The molecule has 51 heavy (non-hydrogen) atoms. The van der Waals surface area contributed by atoms with Gasteiger partial charge in [-0.05, 0) is 70.4 Å². The Morgan fingerprint density at radius 3 is 2.61 bits per heavy atom. The molecule has 0 bridgehead atoms. The van der Waals surface area contributed by atoms with Crippen molar-refractivity contribution in [1.82, 2.24) is 20.5 Å². The Labute approximate surface area is 297 Å². The number of carbonyl (C=O) groups excluding carboxylic acids is 3. The summed E-state index contributed by atoms with van der Waals surface area (Å²) in [5.41, 5.74) is -1.30. The molecule has 6 rings (SSSR count). The van der Waals surface area contributed by atoms with Gasteiger partial charge in [-0.15, -0.1) is 0 Å². The number of allylic oxidation sites excluding steroid dienone is 1. The number of nitrogens with one attached hydrogen (secondary N) is 2. The lowest BCUT2D eigenvalue weighted by molar-refractivity contribution is -0.145. The summed E-state index contributed by atoms with van der Waals surface area (Å²) in [6, 6.07) is 4.65. The second-order valence-corrected chi connectivity index (χ2v) is 16.0. The van der Waals surface area contributed by atoms with E-state index in [0.29, 0.717) is 24.6 Å². The van der Waals surface area contributed by atoms with E-state index < -0.39 is 57.4 Å². The maximum atomic E-state index is 14.1. The van der Waals surface area contributed by atoms with Gasteiger partial charge in [-0.25, -0.2) is 23.0 Å². The first-order valence-electron chi connectivity index (χ1n) is 17.8. The van der Waals surface area contributed by atoms with Crippen LogP contribution in [0.4, 0.5) is 4.79 Å². The average molecular weight is 727 g/mol. The highest BCUT2D eigenvalue weighted by atomic mass is 32.2. The van der Waals surface area contributed by atoms with Gasteiger partial charge in [0.1, 0.15) is 29.5 Å². The first kappa shape index (κ1) is 36.4. The zero-order valence-electron chi connectivity index (χ0n) is 29.0. The van der Waals surface area contributed by atoms with Crippen molar-refractivity contribution in [1.29, 1.82) is 0 Å². The van der Waals surface area contributed by atoms with Crippen molar-refractivity contribution in [3.05, 3.63) is 36.4 Å². The molecule has 15 heteroatoms. The van der Waals surface area contributed by atoms with Gasteiger partial charge in [0.25, 0.3) is 0 Å². The van der Waals surface area contributed by atoms with E-state index in [2.05, 4.69) is 15.6 Å². The predicted octanol–water partition coefficient (Wildman–Crippen LogP) is 3.90. The molecule has 2 aliphatic carbocycles. The number of ether oxygens (including phenoxy) is 3. The molecule has 2 aliphatic heterocycles. The van der Waals surface area contributed by atoms with E-state index in [-0.39, 0.29) is 66.5 Å². The van der Waals surface area contributed by atoms with E-state index in [0.717, 1.165) is 38.4 Å². The fourth-order valence-corrected chi connectivity index (χ4v) is 8.30. The summed E-state index contributed by atoms with van der Waals surface area (Å²) in [4.78, 5) is 59.2. The molecule has 2 aromatic rings. The smallest absolute Gasteiger partial charge is 0.407 e. The van der Waals surface area contributed by atoms with Crippen LogP contribution in [-0.2, 0) is 29.0 Å². The highest BCUT2D eigenvalue weighted by molar-refractivity contribution is 7.91. The highest BCUT2D eigenvalue weighted by Gasteiger charge is 2.61. The number of aromatic nitrogens is 1. The Hall–Kier alpha value is -4.40. The highest BCUT2D eigenvalue weighted by Crippen LogP contribution is 2.45. The average Bonchev–Trinajstić information content (AvgIpc) is 3.34. The number of hydrogen-bond donors (Lipinski definition) is 3. The third-order valence-corrected chi connectivity index (χ3v) is 11.3. The Morgan fingerprint density at radius 2 is 1.88 bits per heavy atom. The topological polar surface area (TPSA) is 191 Å². The minimum Gasteiger partial charge on any atom is -0.488 e. The third kappa shape index (κ3) is 8.23. The summed E-state index contributed by atoms with van der Waals surface area (Å²) >= 11 is 0. The number of rotatable bonds is 8. The molecule has 2 saturated carbocycles. The first-order chi connectivity index (χ1) is 24.4. The van der Waals surface area contributed by atoms with E-state index in [1.54, 1.807) is 25.1 Å². The van der Waals surface area contributed by atoms with Crippen molar-refractivity contribution in [3.63, 3.8) is 0 Å². The lowest BCUT2D eigenvalue weighted by Gasteiger charge is -2.27. The largest absolute Gasteiger partial charge is 0.488 e. The minimum absolute atomic E-state index is 0.00273. The quantitative estimate of drug-likeness (QED) is 0.335. The number of nitrogens with zero attached hydrogens (tertiary/aromatic N) is 2. The number of carbonyl (C=O) groups is 4. The van der Waals surface area contributed by atoms with Crippen LogP contribution in [0.15, 0.2) is 41.3 Å². The number of aliphatic carboxylic acids is 1. The number of fused-ring (bicyclic) bond motifs is 3. The van der Waals surface area contributed by atoms with Crippen LogP contribution in [0, 0.1) is 5.92 Å². The molecule has 3 N–H and O–H groups in total. The number of para-hydroxylation sites is 1. The van der Waals surface area contributed by atoms with Crippen LogP contribution in [-0.4, -0.2) is 96.5 Å². The molecule has 1 saturated heterocycles. The molecule has 0 radical (unpaired) electrons. The molecule has 5 atom stereocenters. The Morgan fingerprint density at radius 1 is 1.12 bits per heavy atom. The van der Waals surface area contributed by atoms with Crippen LogP contribution in [0.3, 0.4) is 0 Å². The summed E-state index contributed by atoms with van der Waals surface area (Å²) in [5, 5.41) is 16.2. The summed E-state index contributed by atoms with van der Waals surface area (Å²) in [7, 11) is -3.67. The van der Waals surface area contributed by atoms with Crippen LogP contribution in [0.1, 0.15) is 77.6 Å². The van der Waals surface area contributed by atoms with E-state index in [1.807, 2.05) is 12.2 Å². The van der Waals surface area contributed by atoms with Gasteiger partial charge >= 0.3 is 12.1 Å². The first-order valence-corrected chi connectivity index (χ1v) is 19.7. The summed E-state index contributed by atoms with van der Waals surface area (Å²) in [5.74, 6) is -2.12. The Kier molecular flexibility index (Phi) is 10.7. The second-order valence-electron chi connectivity index (χ2n) is 14.0. The third-order valence-electron chi connectivity index (χ3n) is 10.2. The Bertz CT molecular complexity index is 1810. The van der Waals surface area contributed by atoms with E-state index in [1.165, 1.54) is 11.0 Å². The fraction of sp³-hybridized carbons (Fsp3) is 0.583. The molecular formula is C36H46N4O10S. The molecule has 0 spiro atoms. The molecule has 3 heterocycles. The van der Waals surface area contributed by atoms with Gasteiger partial charge in [0, 0.05) is 42.5 Å². The number of pyridine rings is 1. The van der Waals surface area contributed by atoms with E-state index >= 15 is 0 Å². The predicted molar refractivity (Wildman–Crippen MR) is 185 cm³/mol. The number of alkyl carbamates (subject to hydrolysis) is 1. The maximum Gasteiger partial charge on any atom is 0.407 e. The number of benzene rings is 1. The zero-order valence-corrected chi connectivity index (χ0v) is 29.8. The van der Waals surface area contributed by atoms with Crippen LogP contribution in [0.5, 0.6) is 11.6 Å². The number of sulfone groups is 1. The fourth-order valence-electron chi connectivity index (χ4n) is 7.47. The van der Waals surface area contributed by atoms with Gasteiger partial charge < -0.3 is 34.9 Å². The van der Waals surface area contributed by atoms with Crippen molar-refractivity contribution >= 4 is 44.6 Å². The molecule has 276 valence electrons. The van der Waals surface area contributed by atoms with E-state index in [9.17, 15) is 32.7 Å². The van der Waals surface area contributed by atoms with Crippen LogP contribution >= 0.6 is 0 Å². The van der Waals surface area contributed by atoms with Crippen molar-refractivity contribution < 1.29 is 46.9 Å². The molecule has 14 nitrogen and oxygen atoms in total.